The van der Waals surface area contributed by atoms with Crippen LogP contribution >= 0.6 is 7.92 Å². The Kier molecular flexibility index (Phi) is 4.35. The van der Waals surface area contributed by atoms with E-state index in [9.17, 15) is 0 Å². The van der Waals surface area contributed by atoms with E-state index in [0.29, 0.717) is 0 Å². The van der Waals surface area contributed by atoms with Crippen LogP contribution in [0.5, 0.6) is 0 Å². The maximum atomic E-state index is 3.70. The van der Waals surface area contributed by atoms with Crippen LogP contribution in [0, 0.1) is 0 Å². The van der Waals surface area contributed by atoms with Crippen LogP contribution in [-0.4, -0.2) is 13.3 Å². The van der Waals surface area contributed by atoms with Gasteiger partial charge in [-0.15, -0.1) is 0 Å². The van der Waals surface area contributed by atoms with Crippen molar-refractivity contribution in [2.24, 2.45) is 0 Å². The van der Waals surface area contributed by atoms with Crippen molar-refractivity contribution in [2.75, 3.05) is 13.3 Å². The molecule has 0 unspecified atom stereocenters. The highest BCUT2D eigenvalue weighted by atomic mass is 31.1. The molecule has 0 bridgehead atoms. The summed E-state index contributed by atoms with van der Waals surface area (Å²) in [7, 11) is 0.00192. The summed E-state index contributed by atoms with van der Waals surface area (Å²) in [6.45, 7) is 11.7. The van der Waals surface area contributed by atoms with E-state index in [4.69, 9.17) is 0 Å². The summed E-state index contributed by atoms with van der Waals surface area (Å²) in [4.78, 5) is 0. The van der Waals surface area contributed by atoms with Crippen LogP contribution in [0.25, 0.3) is 0 Å². The molecule has 0 spiro atoms. The van der Waals surface area contributed by atoms with Crippen LogP contribution in [0.1, 0.15) is 0 Å². The molecule has 0 heterocycles. The first-order valence-electron chi connectivity index (χ1n) is 2.85. The minimum absolute atomic E-state index is 0.00192. The normalized spacial score (nSPS) is 11.7. The maximum Gasteiger partial charge on any atom is -0.0252 e. The van der Waals surface area contributed by atoms with Crippen LogP contribution in [0.2, 0.25) is 0 Å². The first kappa shape index (κ1) is 8.65. The third-order valence-corrected chi connectivity index (χ3v) is 2.38. The smallest absolute Gasteiger partial charge is 0.0252 e. The lowest BCUT2D eigenvalue weighted by Crippen LogP contribution is -1.70. The Morgan fingerprint density at radius 2 is 1.89 bits per heavy atom. The second kappa shape index (κ2) is 4.52. The van der Waals surface area contributed by atoms with Gasteiger partial charge in [0, 0.05) is 0 Å². The summed E-state index contributed by atoms with van der Waals surface area (Å²) >= 11 is 0. The lowest BCUT2D eigenvalue weighted by molar-refractivity contribution is 1.86. The molecular weight excluding hydrogens is 127 g/mol. The van der Waals surface area contributed by atoms with Gasteiger partial charge in [-0.2, -0.15) is 0 Å². The zero-order valence-electron chi connectivity index (χ0n) is 6.09. The summed E-state index contributed by atoms with van der Waals surface area (Å²) in [5.41, 5.74) is 0. The second-order valence-corrected chi connectivity index (χ2v) is 4.23. The van der Waals surface area contributed by atoms with Crippen molar-refractivity contribution in [3.8, 4) is 0 Å². The standard InChI is InChI=1S/C8H13P/c1-5-7-8(6-2)9(3)4/h5-7H,1-2H2,3-4H3/b8-7+. The number of rotatable bonds is 3. The Labute approximate surface area is 58.7 Å². The van der Waals surface area contributed by atoms with E-state index in [1.165, 1.54) is 5.31 Å². The average Bonchev–Trinajstić information content (AvgIpc) is 1.82. The molecule has 9 heavy (non-hydrogen) atoms. The molecule has 0 saturated carbocycles. The Morgan fingerprint density at radius 1 is 1.33 bits per heavy atom. The van der Waals surface area contributed by atoms with Gasteiger partial charge < -0.3 is 0 Å². The van der Waals surface area contributed by atoms with Crippen LogP contribution in [-0.2, 0) is 0 Å². The van der Waals surface area contributed by atoms with Gasteiger partial charge in [-0.3, -0.25) is 0 Å². The van der Waals surface area contributed by atoms with Crippen LogP contribution < -0.4 is 0 Å². The van der Waals surface area contributed by atoms with Gasteiger partial charge in [-0.1, -0.05) is 39.3 Å². The average molecular weight is 140 g/mol. The highest BCUT2D eigenvalue weighted by Crippen LogP contribution is 2.36. The SMILES string of the molecule is C=C/C=C(\C=C)P(C)C. The summed E-state index contributed by atoms with van der Waals surface area (Å²) in [5.74, 6) is 0. The molecule has 0 rings (SSSR count). The Balaban J connectivity index is 4.13. The molecular formula is C8H13P. The highest BCUT2D eigenvalue weighted by Gasteiger charge is 1.93. The predicted molar refractivity (Wildman–Crippen MR) is 47.2 cm³/mol. The molecule has 0 aromatic carbocycles. The third kappa shape index (κ3) is 3.26. The zero-order chi connectivity index (χ0) is 7.28. The molecule has 0 aliphatic rings. The number of hydrogen-bond donors (Lipinski definition) is 0. The Bertz CT molecular complexity index is 132. The Hall–Kier alpha value is -0.350. The molecule has 0 N–H and O–H groups in total. The van der Waals surface area contributed by atoms with Crippen molar-refractivity contribution in [3.63, 3.8) is 0 Å². The molecule has 0 amide bonds. The minimum atomic E-state index is 0.00192. The second-order valence-electron chi connectivity index (χ2n) is 1.93. The van der Waals surface area contributed by atoms with Gasteiger partial charge in [0.25, 0.3) is 0 Å². The van der Waals surface area contributed by atoms with Crippen LogP contribution in [0.15, 0.2) is 36.7 Å². The van der Waals surface area contributed by atoms with Crippen molar-refractivity contribution in [2.45, 2.75) is 0 Å². The van der Waals surface area contributed by atoms with E-state index >= 15 is 0 Å². The lowest BCUT2D eigenvalue weighted by Gasteiger charge is -2.03. The largest absolute Gasteiger partial charge is 0.0990 e. The van der Waals surface area contributed by atoms with E-state index in [-0.39, 0.29) is 7.92 Å². The molecule has 0 atom stereocenters. The van der Waals surface area contributed by atoms with Gasteiger partial charge in [-0.25, -0.2) is 0 Å². The van der Waals surface area contributed by atoms with Crippen molar-refractivity contribution in [1.82, 2.24) is 0 Å². The molecule has 50 valence electrons. The monoisotopic (exact) mass is 140 g/mol. The number of hydrogen-bond acceptors (Lipinski definition) is 0. The predicted octanol–water partition coefficient (Wildman–Crippen LogP) is 2.98. The summed E-state index contributed by atoms with van der Waals surface area (Å²) in [6.07, 6.45) is 5.71. The van der Waals surface area contributed by atoms with E-state index in [2.05, 4.69) is 26.5 Å². The summed E-state index contributed by atoms with van der Waals surface area (Å²) in [6, 6.07) is 0. The van der Waals surface area contributed by atoms with Gasteiger partial charge in [-0.05, 0) is 18.6 Å². The molecule has 0 fully saturated rings. The number of allylic oxidation sites excluding steroid dienone is 4. The molecule has 0 aliphatic heterocycles. The first-order chi connectivity index (χ1) is 4.22. The zero-order valence-corrected chi connectivity index (χ0v) is 6.99. The molecule has 0 radical (unpaired) electrons. The fourth-order valence-electron chi connectivity index (χ4n) is 0.520. The van der Waals surface area contributed by atoms with Gasteiger partial charge in [0.15, 0.2) is 0 Å². The van der Waals surface area contributed by atoms with Crippen LogP contribution in [0.3, 0.4) is 0 Å². The van der Waals surface area contributed by atoms with Gasteiger partial charge in [0.05, 0.1) is 0 Å². The van der Waals surface area contributed by atoms with Crippen molar-refractivity contribution >= 4 is 7.92 Å². The minimum Gasteiger partial charge on any atom is -0.0990 e. The molecule has 0 saturated heterocycles. The van der Waals surface area contributed by atoms with E-state index in [1.54, 1.807) is 6.08 Å². The van der Waals surface area contributed by atoms with Crippen molar-refractivity contribution in [3.05, 3.63) is 36.7 Å². The fraction of sp³-hybridized carbons (Fsp3) is 0.250. The third-order valence-electron chi connectivity index (χ3n) is 1.01. The highest BCUT2D eigenvalue weighted by molar-refractivity contribution is 7.60. The van der Waals surface area contributed by atoms with Crippen LogP contribution in [0.4, 0.5) is 0 Å². The van der Waals surface area contributed by atoms with Gasteiger partial charge in [0.1, 0.15) is 0 Å². The van der Waals surface area contributed by atoms with Gasteiger partial charge >= 0.3 is 0 Å². The molecule has 0 aromatic heterocycles. The molecule has 1 heteroatoms. The maximum absolute atomic E-state index is 3.70. The molecule has 0 aromatic rings. The van der Waals surface area contributed by atoms with E-state index in [0.717, 1.165) is 0 Å². The summed E-state index contributed by atoms with van der Waals surface area (Å²) in [5, 5.41) is 1.31. The van der Waals surface area contributed by atoms with E-state index < -0.39 is 0 Å². The van der Waals surface area contributed by atoms with Crippen molar-refractivity contribution in [1.29, 1.82) is 0 Å². The molecule has 0 aliphatic carbocycles. The molecule has 0 nitrogen and oxygen atoms in total. The van der Waals surface area contributed by atoms with E-state index in [1.807, 2.05) is 12.2 Å². The Morgan fingerprint density at radius 3 is 2.00 bits per heavy atom. The van der Waals surface area contributed by atoms with Gasteiger partial charge in [0.2, 0.25) is 0 Å². The fourth-order valence-corrected chi connectivity index (χ4v) is 1.29. The topological polar surface area (TPSA) is 0 Å². The quantitative estimate of drug-likeness (QED) is 0.417. The first-order valence-corrected chi connectivity index (χ1v) is 5.08. The van der Waals surface area contributed by atoms with Crippen molar-refractivity contribution < 1.29 is 0 Å². The summed E-state index contributed by atoms with van der Waals surface area (Å²) < 4.78 is 0. The lowest BCUT2D eigenvalue weighted by atomic mass is 10.5.